The summed E-state index contributed by atoms with van der Waals surface area (Å²) in [6, 6.07) is 4.92. The summed E-state index contributed by atoms with van der Waals surface area (Å²) in [6.07, 6.45) is 0. The quantitative estimate of drug-likeness (QED) is 0.833. The zero-order valence-electron chi connectivity index (χ0n) is 12.7. The third-order valence-corrected chi connectivity index (χ3v) is 3.45. The minimum atomic E-state index is -0.217. The fourth-order valence-corrected chi connectivity index (χ4v) is 2.27. The maximum atomic E-state index is 13.7. The lowest BCUT2D eigenvalue weighted by atomic mass is 9.97. The van der Waals surface area contributed by atoms with Gasteiger partial charge in [-0.3, -0.25) is 4.90 Å². The van der Waals surface area contributed by atoms with E-state index in [0.717, 1.165) is 4.47 Å². The fourth-order valence-electron chi connectivity index (χ4n) is 1.86. The molecule has 0 saturated heterocycles. The van der Waals surface area contributed by atoms with Crippen molar-refractivity contribution in [1.29, 1.82) is 0 Å². The summed E-state index contributed by atoms with van der Waals surface area (Å²) in [6.45, 7) is 7.01. The van der Waals surface area contributed by atoms with Gasteiger partial charge in [-0.25, -0.2) is 4.39 Å². The maximum Gasteiger partial charge on any atom is 0.230 e. The standard InChI is InChI=1S/C15H19BrFN3O/c1-15(2,3)14-19-18-13(21-14)9-20(4)8-10-7-11(16)5-6-12(10)17/h5-7H,8-9H2,1-4H3. The first-order chi connectivity index (χ1) is 9.75. The van der Waals surface area contributed by atoms with Gasteiger partial charge in [-0.15, -0.1) is 10.2 Å². The molecule has 1 aromatic heterocycles. The number of rotatable bonds is 4. The van der Waals surface area contributed by atoms with Crippen molar-refractivity contribution in [1.82, 2.24) is 15.1 Å². The molecule has 0 amide bonds. The van der Waals surface area contributed by atoms with Crippen molar-refractivity contribution in [3.63, 3.8) is 0 Å². The third-order valence-electron chi connectivity index (χ3n) is 2.96. The van der Waals surface area contributed by atoms with E-state index in [2.05, 4.69) is 26.1 Å². The van der Waals surface area contributed by atoms with Gasteiger partial charge in [0, 0.05) is 22.0 Å². The van der Waals surface area contributed by atoms with Crippen LogP contribution in [-0.4, -0.2) is 22.1 Å². The van der Waals surface area contributed by atoms with E-state index in [1.165, 1.54) is 6.07 Å². The second-order valence-electron chi connectivity index (χ2n) is 6.16. The van der Waals surface area contributed by atoms with Gasteiger partial charge in [-0.2, -0.15) is 0 Å². The molecule has 6 heteroatoms. The molecule has 0 unspecified atom stereocenters. The van der Waals surface area contributed by atoms with E-state index in [0.29, 0.717) is 30.4 Å². The number of hydrogen-bond acceptors (Lipinski definition) is 4. The minimum absolute atomic E-state index is 0.166. The van der Waals surface area contributed by atoms with Crippen LogP contribution in [0.5, 0.6) is 0 Å². The molecule has 0 saturated carbocycles. The Hall–Kier alpha value is -1.27. The molecule has 0 atom stereocenters. The minimum Gasteiger partial charge on any atom is -0.423 e. The molecule has 0 aliphatic heterocycles. The molecule has 1 heterocycles. The highest BCUT2D eigenvalue weighted by Crippen LogP contribution is 2.21. The van der Waals surface area contributed by atoms with E-state index >= 15 is 0 Å². The number of halogens is 2. The zero-order chi connectivity index (χ0) is 15.6. The molecular formula is C15H19BrFN3O. The van der Waals surface area contributed by atoms with Crippen LogP contribution in [0, 0.1) is 5.82 Å². The molecule has 0 radical (unpaired) electrons. The van der Waals surface area contributed by atoms with Crippen molar-refractivity contribution in [2.75, 3.05) is 7.05 Å². The third kappa shape index (κ3) is 4.35. The lowest BCUT2D eigenvalue weighted by Crippen LogP contribution is -2.18. The van der Waals surface area contributed by atoms with Crippen molar-refractivity contribution >= 4 is 15.9 Å². The topological polar surface area (TPSA) is 42.2 Å². The Morgan fingerprint density at radius 2 is 1.95 bits per heavy atom. The van der Waals surface area contributed by atoms with Crippen molar-refractivity contribution in [2.45, 2.75) is 39.3 Å². The van der Waals surface area contributed by atoms with Gasteiger partial charge in [0.15, 0.2) is 0 Å². The SMILES string of the molecule is CN(Cc1nnc(C(C)(C)C)o1)Cc1cc(Br)ccc1F. The van der Waals surface area contributed by atoms with Gasteiger partial charge in [-0.1, -0.05) is 36.7 Å². The highest BCUT2D eigenvalue weighted by molar-refractivity contribution is 9.10. The number of nitrogens with zero attached hydrogens (tertiary/aromatic N) is 3. The van der Waals surface area contributed by atoms with Crippen LogP contribution in [0.3, 0.4) is 0 Å². The van der Waals surface area contributed by atoms with Crippen LogP contribution < -0.4 is 0 Å². The van der Waals surface area contributed by atoms with Crippen LogP contribution in [0.2, 0.25) is 0 Å². The van der Waals surface area contributed by atoms with E-state index in [1.807, 2.05) is 32.7 Å². The van der Waals surface area contributed by atoms with Crippen molar-refractivity contribution in [3.8, 4) is 0 Å². The smallest absolute Gasteiger partial charge is 0.230 e. The molecule has 114 valence electrons. The Bertz CT molecular complexity index is 622. The van der Waals surface area contributed by atoms with Gasteiger partial charge in [0.05, 0.1) is 6.54 Å². The monoisotopic (exact) mass is 355 g/mol. The molecule has 0 N–H and O–H groups in total. The van der Waals surface area contributed by atoms with Gasteiger partial charge < -0.3 is 4.42 Å². The van der Waals surface area contributed by atoms with Gasteiger partial charge in [0.25, 0.3) is 0 Å². The Morgan fingerprint density at radius 1 is 1.24 bits per heavy atom. The lowest BCUT2D eigenvalue weighted by Gasteiger charge is -2.15. The molecule has 2 aromatic rings. The molecule has 0 fully saturated rings. The Kier molecular flexibility index (Phi) is 4.78. The highest BCUT2D eigenvalue weighted by Gasteiger charge is 2.21. The summed E-state index contributed by atoms with van der Waals surface area (Å²) in [7, 11) is 1.89. The largest absolute Gasteiger partial charge is 0.423 e. The van der Waals surface area contributed by atoms with E-state index in [9.17, 15) is 4.39 Å². The molecule has 0 aliphatic rings. The fraction of sp³-hybridized carbons (Fsp3) is 0.467. The van der Waals surface area contributed by atoms with Crippen molar-refractivity contribution in [3.05, 3.63) is 45.8 Å². The van der Waals surface area contributed by atoms with E-state index in [4.69, 9.17) is 4.42 Å². The summed E-state index contributed by atoms with van der Waals surface area (Å²) >= 11 is 3.35. The van der Waals surface area contributed by atoms with Crippen LogP contribution in [-0.2, 0) is 18.5 Å². The Labute approximate surface area is 132 Å². The molecule has 21 heavy (non-hydrogen) atoms. The molecular weight excluding hydrogens is 337 g/mol. The molecule has 4 nitrogen and oxygen atoms in total. The lowest BCUT2D eigenvalue weighted by molar-refractivity contribution is 0.266. The Balaban J connectivity index is 2.03. The highest BCUT2D eigenvalue weighted by atomic mass is 79.9. The first-order valence-electron chi connectivity index (χ1n) is 6.71. The number of aromatic nitrogens is 2. The normalized spacial score (nSPS) is 12.1. The van der Waals surface area contributed by atoms with Gasteiger partial charge in [0.1, 0.15) is 5.82 Å². The van der Waals surface area contributed by atoms with Crippen molar-refractivity contribution < 1.29 is 8.81 Å². The van der Waals surface area contributed by atoms with E-state index in [1.54, 1.807) is 12.1 Å². The molecule has 2 rings (SSSR count). The molecule has 1 aromatic carbocycles. The van der Waals surface area contributed by atoms with Gasteiger partial charge in [0.2, 0.25) is 11.8 Å². The molecule has 0 aliphatic carbocycles. The molecule has 0 spiro atoms. The van der Waals surface area contributed by atoms with Crippen LogP contribution >= 0.6 is 15.9 Å². The van der Waals surface area contributed by atoms with Gasteiger partial charge in [-0.05, 0) is 25.2 Å². The molecule has 0 bridgehead atoms. The van der Waals surface area contributed by atoms with Crippen LogP contribution in [0.25, 0.3) is 0 Å². The predicted molar refractivity (Wildman–Crippen MR) is 82.3 cm³/mol. The second-order valence-corrected chi connectivity index (χ2v) is 7.07. The van der Waals surface area contributed by atoms with Gasteiger partial charge >= 0.3 is 0 Å². The van der Waals surface area contributed by atoms with E-state index in [-0.39, 0.29) is 11.2 Å². The summed E-state index contributed by atoms with van der Waals surface area (Å²) < 4.78 is 20.2. The zero-order valence-corrected chi connectivity index (χ0v) is 14.2. The summed E-state index contributed by atoms with van der Waals surface area (Å²) in [5, 5.41) is 8.10. The maximum absolute atomic E-state index is 13.7. The summed E-state index contributed by atoms with van der Waals surface area (Å²) in [4.78, 5) is 1.94. The summed E-state index contributed by atoms with van der Waals surface area (Å²) in [5.41, 5.74) is 0.461. The first-order valence-corrected chi connectivity index (χ1v) is 7.50. The average Bonchev–Trinajstić information content (AvgIpc) is 2.82. The van der Waals surface area contributed by atoms with Crippen molar-refractivity contribution in [2.24, 2.45) is 0 Å². The summed E-state index contributed by atoms with van der Waals surface area (Å²) in [5.74, 6) is 0.934. The first kappa shape index (κ1) is 16.1. The van der Waals surface area contributed by atoms with E-state index < -0.39 is 0 Å². The number of benzene rings is 1. The Morgan fingerprint density at radius 3 is 2.57 bits per heavy atom. The average molecular weight is 356 g/mol. The predicted octanol–water partition coefficient (Wildman–Crippen LogP) is 3.90. The van der Waals surface area contributed by atoms with Crippen LogP contribution in [0.15, 0.2) is 27.1 Å². The second kappa shape index (κ2) is 6.23. The van der Waals surface area contributed by atoms with Crippen LogP contribution in [0.4, 0.5) is 4.39 Å². The number of hydrogen-bond donors (Lipinski definition) is 0. The van der Waals surface area contributed by atoms with Crippen LogP contribution in [0.1, 0.15) is 38.1 Å².